The van der Waals surface area contributed by atoms with Crippen molar-refractivity contribution in [3.63, 3.8) is 0 Å². The third-order valence-corrected chi connectivity index (χ3v) is 8.17. The lowest BCUT2D eigenvalue weighted by molar-refractivity contribution is 0.0526. The maximum Gasteiger partial charge on any atom is 0.341 e. The molecule has 0 spiro atoms. The number of carbonyl (C=O) groups is 2. The second-order valence-corrected chi connectivity index (χ2v) is 10.6. The van der Waals surface area contributed by atoms with Crippen molar-refractivity contribution in [2.45, 2.75) is 42.6 Å². The molecule has 0 saturated carbocycles. The van der Waals surface area contributed by atoms with Gasteiger partial charge in [-0.2, -0.15) is 0 Å². The monoisotopic (exact) mass is 493 g/mol. The van der Waals surface area contributed by atoms with Crippen molar-refractivity contribution in [1.82, 2.24) is 0 Å². The third kappa shape index (κ3) is 4.32. The number of rotatable bonds is 6. The Labute approximate surface area is 194 Å². The number of fused-ring (bicyclic) bond motifs is 1. The van der Waals surface area contributed by atoms with Gasteiger partial charge in [-0.25, -0.2) is 13.2 Å². The Morgan fingerprint density at radius 3 is 2.56 bits per heavy atom. The second kappa shape index (κ2) is 9.09. The standard InChI is InChI=1S/C22H20ClNO6S2/c1-2-29-22(26)19-15-5-3-4-6-17(15)31-21(19)24-20(25)16-11-12-18(30-16)32(27,28)14-9-7-13(23)8-10-14/h7-12H,2-6H2,1H3,(H,24,25). The van der Waals surface area contributed by atoms with Gasteiger partial charge in [0.2, 0.25) is 14.9 Å². The number of furan rings is 1. The number of anilines is 1. The number of carbonyl (C=O) groups excluding carboxylic acids is 2. The predicted molar refractivity (Wildman–Crippen MR) is 120 cm³/mol. The Kier molecular flexibility index (Phi) is 6.41. The predicted octanol–water partition coefficient (Wildman–Crippen LogP) is 5.14. The van der Waals surface area contributed by atoms with Crippen LogP contribution in [0.15, 0.2) is 50.8 Å². The number of amides is 1. The lowest BCUT2D eigenvalue weighted by atomic mass is 9.95. The normalized spacial score (nSPS) is 13.4. The highest BCUT2D eigenvalue weighted by Gasteiger charge is 2.29. The molecule has 0 radical (unpaired) electrons. The molecule has 1 aromatic carbocycles. The molecule has 0 bridgehead atoms. The number of hydrogen-bond donors (Lipinski definition) is 1. The molecular weight excluding hydrogens is 474 g/mol. The number of thiophene rings is 1. The Balaban J connectivity index is 1.61. The van der Waals surface area contributed by atoms with Crippen molar-refractivity contribution in [3.05, 3.63) is 63.2 Å². The molecule has 2 aromatic heterocycles. The fraction of sp³-hybridized carbons (Fsp3) is 0.273. The smallest absolute Gasteiger partial charge is 0.341 e. The molecule has 0 atom stereocenters. The highest BCUT2D eigenvalue weighted by atomic mass is 35.5. The van der Waals surface area contributed by atoms with Crippen LogP contribution in [0.4, 0.5) is 5.00 Å². The number of benzene rings is 1. The van der Waals surface area contributed by atoms with Gasteiger partial charge in [0.15, 0.2) is 5.76 Å². The number of nitrogens with one attached hydrogen (secondary N) is 1. The molecule has 0 fully saturated rings. The van der Waals surface area contributed by atoms with Crippen LogP contribution >= 0.6 is 22.9 Å². The molecule has 0 aliphatic heterocycles. The van der Waals surface area contributed by atoms with E-state index in [2.05, 4.69) is 5.32 Å². The zero-order chi connectivity index (χ0) is 22.9. The summed E-state index contributed by atoms with van der Waals surface area (Å²) in [6, 6.07) is 8.16. The number of sulfone groups is 1. The largest absolute Gasteiger partial charge is 0.462 e. The summed E-state index contributed by atoms with van der Waals surface area (Å²) in [6.07, 6.45) is 3.58. The molecule has 168 valence electrons. The van der Waals surface area contributed by atoms with E-state index >= 15 is 0 Å². The fourth-order valence-corrected chi connectivity index (χ4v) is 6.13. The molecular formula is C22H20ClNO6S2. The fourth-order valence-electron chi connectivity index (χ4n) is 3.55. The van der Waals surface area contributed by atoms with E-state index in [1.54, 1.807) is 6.92 Å². The van der Waals surface area contributed by atoms with Gasteiger partial charge in [-0.15, -0.1) is 11.3 Å². The zero-order valence-corrected chi connectivity index (χ0v) is 19.5. The van der Waals surface area contributed by atoms with E-state index in [4.69, 9.17) is 20.8 Å². The van der Waals surface area contributed by atoms with Crippen LogP contribution in [-0.4, -0.2) is 26.9 Å². The number of hydrogen-bond acceptors (Lipinski definition) is 7. The van der Waals surface area contributed by atoms with E-state index in [0.29, 0.717) is 15.6 Å². The van der Waals surface area contributed by atoms with Gasteiger partial charge < -0.3 is 14.5 Å². The summed E-state index contributed by atoms with van der Waals surface area (Å²) in [5.74, 6) is -1.31. The summed E-state index contributed by atoms with van der Waals surface area (Å²) in [6.45, 7) is 1.95. The summed E-state index contributed by atoms with van der Waals surface area (Å²) in [4.78, 5) is 26.4. The summed E-state index contributed by atoms with van der Waals surface area (Å²) in [5, 5.41) is 3.14. The van der Waals surface area contributed by atoms with Gasteiger partial charge in [0.05, 0.1) is 17.1 Å². The van der Waals surface area contributed by atoms with E-state index in [0.717, 1.165) is 36.1 Å². The molecule has 32 heavy (non-hydrogen) atoms. The van der Waals surface area contributed by atoms with Crippen molar-refractivity contribution in [2.24, 2.45) is 0 Å². The summed E-state index contributed by atoms with van der Waals surface area (Å²) in [5.41, 5.74) is 1.29. The molecule has 10 heteroatoms. The minimum absolute atomic E-state index is 0.00117. The zero-order valence-electron chi connectivity index (χ0n) is 17.1. The lowest BCUT2D eigenvalue weighted by Crippen LogP contribution is -2.15. The van der Waals surface area contributed by atoms with Crippen LogP contribution in [0, 0.1) is 0 Å². The van der Waals surface area contributed by atoms with Gasteiger partial charge in [0.1, 0.15) is 5.00 Å². The lowest BCUT2D eigenvalue weighted by Gasteiger charge is -2.12. The van der Waals surface area contributed by atoms with E-state index in [9.17, 15) is 18.0 Å². The Morgan fingerprint density at radius 1 is 1.12 bits per heavy atom. The molecule has 1 aliphatic carbocycles. The van der Waals surface area contributed by atoms with Crippen LogP contribution in [0.25, 0.3) is 0 Å². The molecule has 0 saturated heterocycles. The molecule has 1 aliphatic rings. The van der Waals surface area contributed by atoms with E-state index in [1.165, 1.54) is 47.7 Å². The third-order valence-electron chi connectivity index (χ3n) is 5.07. The Bertz CT molecular complexity index is 1270. The van der Waals surface area contributed by atoms with Crippen molar-refractivity contribution >= 4 is 49.7 Å². The summed E-state index contributed by atoms with van der Waals surface area (Å²) < 4.78 is 36.1. The number of halogens is 1. The van der Waals surface area contributed by atoms with Crippen LogP contribution in [0.3, 0.4) is 0 Å². The molecule has 1 amide bonds. The molecule has 4 rings (SSSR count). The van der Waals surface area contributed by atoms with Crippen molar-refractivity contribution < 1.29 is 27.2 Å². The number of ether oxygens (including phenoxy) is 1. The molecule has 1 N–H and O–H groups in total. The van der Waals surface area contributed by atoms with Crippen LogP contribution < -0.4 is 5.32 Å². The van der Waals surface area contributed by atoms with Crippen LogP contribution in [-0.2, 0) is 27.4 Å². The van der Waals surface area contributed by atoms with Crippen molar-refractivity contribution in [2.75, 3.05) is 11.9 Å². The van der Waals surface area contributed by atoms with Crippen molar-refractivity contribution in [1.29, 1.82) is 0 Å². The van der Waals surface area contributed by atoms with Crippen LogP contribution in [0.1, 0.15) is 51.1 Å². The topological polar surface area (TPSA) is 103 Å². The summed E-state index contributed by atoms with van der Waals surface area (Å²) in [7, 11) is -3.95. The Morgan fingerprint density at radius 2 is 1.84 bits per heavy atom. The first-order valence-electron chi connectivity index (χ1n) is 10.0. The maximum absolute atomic E-state index is 12.8. The average Bonchev–Trinajstić information content (AvgIpc) is 3.39. The van der Waals surface area contributed by atoms with Gasteiger partial charge in [0, 0.05) is 9.90 Å². The molecule has 2 heterocycles. The molecule has 0 unspecified atom stereocenters. The molecule has 7 nitrogen and oxygen atoms in total. The first kappa shape index (κ1) is 22.6. The highest BCUT2D eigenvalue weighted by Crippen LogP contribution is 2.39. The molecule has 3 aromatic rings. The van der Waals surface area contributed by atoms with E-state index < -0.39 is 21.7 Å². The maximum atomic E-state index is 12.8. The van der Waals surface area contributed by atoms with Gasteiger partial charge in [-0.3, -0.25) is 4.79 Å². The van der Waals surface area contributed by atoms with Gasteiger partial charge in [-0.1, -0.05) is 11.6 Å². The van der Waals surface area contributed by atoms with Crippen LogP contribution in [0.5, 0.6) is 0 Å². The Hall–Kier alpha value is -2.62. The SMILES string of the molecule is CCOC(=O)c1c(NC(=O)c2ccc(S(=O)(=O)c3ccc(Cl)cc3)o2)sc2c1CCCC2. The number of esters is 1. The minimum Gasteiger partial charge on any atom is -0.462 e. The average molecular weight is 494 g/mol. The van der Waals surface area contributed by atoms with Gasteiger partial charge in [0.25, 0.3) is 5.91 Å². The first-order chi connectivity index (χ1) is 15.3. The number of aryl methyl sites for hydroxylation is 1. The minimum atomic E-state index is -3.95. The van der Waals surface area contributed by atoms with E-state index in [1.807, 2.05) is 0 Å². The van der Waals surface area contributed by atoms with Crippen molar-refractivity contribution in [3.8, 4) is 0 Å². The van der Waals surface area contributed by atoms with Gasteiger partial charge in [-0.05, 0) is 74.6 Å². The van der Waals surface area contributed by atoms with Gasteiger partial charge >= 0.3 is 5.97 Å². The van der Waals surface area contributed by atoms with E-state index in [-0.39, 0.29) is 22.4 Å². The first-order valence-corrected chi connectivity index (χ1v) is 12.7. The van der Waals surface area contributed by atoms with Crippen LogP contribution in [0.2, 0.25) is 5.02 Å². The highest BCUT2D eigenvalue weighted by molar-refractivity contribution is 7.91. The summed E-state index contributed by atoms with van der Waals surface area (Å²) >= 11 is 7.16. The quantitative estimate of drug-likeness (QED) is 0.477. The second-order valence-electron chi connectivity index (χ2n) is 7.17.